The van der Waals surface area contributed by atoms with Crippen LogP contribution in [0, 0.1) is 5.82 Å². The predicted octanol–water partition coefficient (Wildman–Crippen LogP) is 3.79. The van der Waals surface area contributed by atoms with Crippen molar-refractivity contribution in [1.29, 1.82) is 0 Å². The van der Waals surface area contributed by atoms with Crippen LogP contribution in [0.3, 0.4) is 0 Å². The minimum absolute atomic E-state index is 0.0377. The van der Waals surface area contributed by atoms with E-state index in [1.807, 2.05) is 31.2 Å². The maximum Gasteiger partial charge on any atom is 0.167 e. The molecule has 0 aliphatic rings. The normalized spacial score (nSPS) is 12.0. The van der Waals surface area contributed by atoms with Gasteiger partial charge in [-0.05, 0) is 36.8 Å². The molecule has 1 unspecified atom stereocenters. The molecule has 0 amide bonds. The van der Waals surface area contributed by atoms with Gasteiger partial charge in [-0.2, -0.15) is 5.10 Å². The molecule has 32 heavy (non-hydrogen) atoms. The molecule has 0 bridgehead atoms. The van der Waals surface area contributed by atoms with E-state index in [-0.39, 0.29) is 18.4 Å². The maximum absolute atomic E-state index is 14.4. The Morgan fingerprint density at radius 3 is 2.62 bits per heavy atom. The molecular formula is C23H24FN5O3. The maximum atomic E-state index is 14.4. The summed E-state index contributed by atoms with van der Waals surface area (Å²) in [6.07, 6.45) is 1.58. The van der Waals surface area contributed by atoms with Crippen LogP contribution in [0.4, 0.5) is 15.9 Å². The summed E-state index contributed by atoms with van der Waals surface area (Å²) < 4.78 is 27.2. The minimum Gasteiger partial charge on any atom is -0.497 e. The van der Waals surface area contributed by atoms with Crippen molar-refractivity contribution in [2.75, 3.05) is 24.8 Å². The molecule has 166 valence electrons. The number of nitrogens with two attached hydrogens (primary N) is 1. The first-order valence-electron chi connectivity index (χ1n) is 10.1. The minimum atomic E-state index is -0.571. The van der Waals surface area contributed by atoms with Crippen molar-refractivity contribution < 1.29 is 19.0 Å². The third kappa shape index (κ3) is 4.42. The first-order valence-corrected chi connectivity index (χ1v) is 10.1. The van der Waals surface area contributed by atoms with E-state index < -0.39 is 5.82 Å². The zero-order valence-corrected chi connectivity index (χ0v) is 17.7. The molecule has 4 aromatic rings. The van der Waals surface area contributed by atoms with Gasteiger partial charge in [0.1, 0.15) is 16.9 Å². The van der Waals surface area contributed by atoms with Crippen molar-refractivity contribution in [3.05, 3.63) is 66.1 Å². The second-order valence-corrected chi connectivity index (χ2v) is 7.38. The Bertz CT molecular complexity index is 1230. The highest BCUT2D eigenvalue weighted by Gasteiger charge is 2.19. The lowest BCUT2D eigenvalue weighted by atomic mass is 10.2. The van der Waals surface area contributed by atoms with Gasteiger partial charge in [0.25, 0.3) is 0 Å². The standard InChI is InChI=1S/C23H24FN5O3/c1-14(13-30)27-22-21-20(32-19-8-5-16(25)11-18(19)24)9-10-26-23(21)29(28-22)12-15-3-6-17(31-2)7-4-15/h3-11,14,30H,12-13,25H2,1-2H3,(H,27,28). The summed E-state index contributed by atoms with van der Waals surface area (Å²) in [5.41, 5.74) is 7.50. The van der Waals surface area contributed by atoms with Crippen LogP contribution in [0.1, 0.15) is 12.5 Å². The van der Waals surface area contributed by atoms with Crippen molar-refractivity contribution in [2.45, 2.75) is 19.5 Å². The highest BCUT2D eigenvalue weighted by atomic mass is 19.1. The Morgan fingerprint density at radius 1 is 1.16 bits per heavy atom. The van der Waals surface area contributed by atoms with Crippen LogP contribution in [0.2, 0.25) is 0 Å². The van der Waals surface area contributed by atoms with Crippen LogP contribution in [0.15, 0.2) is 54.7 Å². The van der Waals surface area contributed by atoms with E-state index in [2.05, 4.69) is 15.4 Å². The van der Waals surface area contributed by atoms with E-state index in [1.165, 1.54) is 12.1 Å². The van der Waals surface area contributed by atoms with Crippen LogP contribution in [0.5, 0.6) is 17.2 Å². The summed E-state index contributed by atoms with van der Waals surface area (Å²) in [6, 6.07) is 13.3. The number of methoxy groups -OCH3 is 1. The van der Waals surface area contributed by atoms with Crippen molar-refractivity contribution in [3.63, 3.8) is 0 Å². The van der Waals surface area contributed by atoms with Crippen molar-refractivity contribution in [2.24, 2.45) is 0 Å². The number of fused-ring (bicyclic) bond motifs is 1. The third-order valence-corrected chi connectivity index (χ3v) is 4.92. The van der Waals surface area contributed by atoms with Gasteiger partial charge >= 0.3 is 0 Å². The number of aliphatic hydroxyl groups excluding tert-OH is 1. The number of aliphatic hydroxyl groups is 1. The van der Waals surface area contributed by atoms with Gasteiger partial charge in [-0.3, -0.25) is 0 Å². The number of anilines is 2. The number of rotatable bonds is 8. The zero-order chi connectivity index (χ0) is 22.7. The number of hydrogen-bond donors (Lipinski definition) is 3. The second kappa shape index (κ2) is 9.11. The number of ether oxygens (including phenoxy) is 2. The number of nitrogens with zero attached hydrogens (tertiary/aromatic N) is 3. The van der Waals surface area contributed by atoms with Gasteiger partial charge in [0.2, 0.25) is 0 Å². The fourth-order valence-corrected chi connectivity index (χ4v) is 3.27. The molecule has 0 aliphatic heterocycles. The molecule has 9 heteroatoms. The number of aromatic nitrogens is 3. The average molecular weight is 437 g/mol. The molecule has 2 aromatic heterocycles. The summed E-state index contributed by atoms with van der Waals surface area (Å²) in [6.45, 7) is 2.18. The van der Waals surface area contributed by atoms with Crippen molar-refractivity contribution >= 4 is 22.5 Å². The highest BCUT2D eigenvalue weighted by Crippen LogP contribution is 2.35. The average Bonchev–Trinajstić information content (AvgIpc) is 3.14. The molecule has 0 radical (unpaired) electrons. The van der Waals surface area contributed by atoms with Crippen LogP contribution >= 0.6 is 0 Å². The molecule has 0 spiro atoms. The summed E-state index contributed by atoms with van der Waals surface area (Å²) >= 11 is 0. The third-order valence-electron chi connectivity index (χ3n) is 4.92. The topological polar surface area (TPSA) is 107 Å². The van der Waals surface area contributed by atoms with E-state index in [4.69, 9.17) is 15.2 Å². The lowest BCUT2D eigenvalue weighted by Crippen LogP contribution is -2.20. The molecule has 0 saturated carbocycles. The summed E-state index contributed by atoms with van der Waals surface area (Å²) in [7, 11) is 1.62. The smallest absolute Gasteiger partial charge is 0.167 e. The van der Waals surface area contributed by atoms with E-state index >= 15 is 0 Å². The summed E-state index contributed by atoms with van der Waals surface area (Å²) in [5.74, 6) is 1.09. The lowest BCUT2D eigenvalue weighted by Gasteiger charge is -2.12. The number of benzene rings is 2. The van der Waals surface area contributed by atoms with E-state index in [9.17, 15) is 9.50 Å². The Labute approximate surface area is 184 Å². The molecule has 0 fully saturated rings. The van der Waals surface area contributed by atoms with Gasteiger partial charge < -0.3 is 25.6 Å². The fraction of sp³-hybridized carbons (Fsp3) is 0.217. The molecular weight excluding hydrogens is 413 g/mol. The molecule has 1 atom stereocenters. The van der Waals surface area contributed by atoms with Gasteiger partial charge in [-0.15, -0.1) is 0 Å². The quantitative estimate of drug-likeness (QED) is 0.360. The van der Waals surface area contributed by atoms with Gasteiger partial charge in [-0.25, -0.2) is 14.1 Å². The predicted molar refractivity (Wildman–Crippen MR) is 121 cm³/mol. The van der Waals surface area contributed by atoms with Crippen LogP contribution < -0.4 is 20.5 Å². The van der Waals surface area contributed by atoms with Crippen molar-refractivity contribution in [1.82, 2.24) is 14.8 Å². The molecule has 8 nitrogen and oxygen atoms in total. The number of halogens is 1. The molecule has 0 saturated heterocycles. The summed E-state index contributed by atoms with van der Waals surface area (Å²) in [4.78, 5) is 4.48. The number of pyridine rings is 1. The van der Waals surface area contributed by atoms with Gasteiger partial charge in [0, 0.05) is 30.1 Å². The van der Waals surface area contributed by atoms with E-state index in [1.54, 1.807) is 30.1 Å². The van der Waals surface area contributed by atoms with Crippen LogP contribution in [0.25, 0.3) is 11.0 Å². The molecule has 4 rings (SSSR count). The fourth-order valence-electron chi connectivity index (χ4n) is 3.27. The van der Waals surface area contributed by atoms with Gasteiger partial charge in [0.15, 0.2) is 23.0 Å². The van der Waals surface area contributed by atoms with Crippen molar-refractivity contribution in [3.8, 4) is 17.2 Å². The lowest BCUT2D eigenvalue weighted by molar-refractivity contribution is 0.281. The Balaban J connectivity index is 1.77. The number of nitrogens with one attached hydrogen (secondary N) is 1. The monoisotopic (exact) mass is 437 g/mol. The largest absolute Gasteiger partial charge is 0.497 e. The number of nitrogen functional groups attached to an aromatic ring is 1. The first kappa shape index (κ1) is 21.4. The zero-order valence-electron chi connectivity index (χ0n) is 17.7. The first-order chi connectivity index (χ1) is 15.5. The van der Waals surface area contributed by atoms with Crippen LogP contribution in [-0.2, 0) is 6.54 Å². The Kier molecular flexibility index (Phi) is 6.09. The van der Waals surface area contributed by atoms with Gasteiger partial charge in [-0.1, -0.05) is 12.1 Å². The summed E-state index contributed by atoms with van der Waals surface area (Å²) in [5, 5.41) is 17.9. The van der Waals surface area contributed by atoms with Gasteiger partial charge in [0.05, 0.1) is 20.3 Å². The van der Waals surface area contributed by atoms with E-state index in [0.29, 0.717) is 34.8 Å². The molecule has 2 heterocycles. The highest BCUT2D eigenvalue weighted by molar-refractivity contribution is 5.93. The molecule has 0 aliphatic carbocycles. The molecule has 2 aromatic carbocycles. The SMILES string of the molecule is COc1ccc(Cn2nc(NC(C)CO)c3c(Oc4ccc(N)cc4F)ccnc32)cc1. The second-order valence-electron chi connectivity index (χ2n) is 7.38. The molecule has 4 N–H and O–H groups in total. The Hall–Kier alpha value is -3.85. The number of hydrogen-bond acceptors (Lipinski definition) is 7. The van der Waals surface area contributed by atoms with Crippen LogP contribution in [-0.4, -0.2) is 39.6 Å². The Morgan fingerprint density at radius 2 is 1.94 bits per heavy atom. The van der Waals surface area contributed by atoms with E-state index in [0.717, 1.165) is 11.3 Å².